The molecular weight excluding hydrogens is 374 g/mol. The molecular formula is C13H19N3O7S2. The highest BCUT2D eigenvalue weighted by atomic mass is 32.2. The smallest absolute Gasteiger partial charge is 0.312 e. The van der Waals surface area contributed by atoms with E-state index in [9.17, 15) is 26.9 Å². The van der Waals surface area contributed by atoms with Crippen molar-refractivity contribution in [3.05, 3.63) is 28.3 Å². The van der Waals surface area contributed by atoms with Gasteiger partial charge in [-0.3, -0.25) is 10.1 Å². The Morgan fingerprint density at radius 2 is 1.84 bits per heavy atom. The Kier molecular flexibility index (Phi) is 5.66. The van der Waals surface area contributed by atoms with Gasteiger partial charge in [-0.15, -0.1) is 0 Å². The van der Waals surface area contributed by atoms with Gasteiger partial charge in [0.25, 0.3) is 0 Å². The lowest BCUT2D eigenvalue weighted by molar-refractivity contribution is -0.386. The third-order valence-corrected chi connectivity index (χ3v) is 6.48. The Morgan fingerprint density at radius 3 is 2.32 bits per heavy atom. The summed E-state index contributed by atoms with van der Waals surface area (Å²) in [5, 5.41) is 11.1. The third-order valence-electron chi connectivity index (χ3n) is 3.82. The molecule has 2 rings (SSSR count). The fraction of sp³-hybridized carbons (Fsp3) is 0.538. The number of piperidine rings is 1. The van der Waals surface area contributed by atoms with Gasteiger partial charge in [-0.1, -0.05) is 0 Å². The third kappa shape index (κ3) is 4.66. The van der Waals surface area contributed by atoms with Crippen molar-refractivity contribution in [2.75, 3.05) is 26.5 Å². The first-order chi connectivity index (χ1) is 11.5. The van der Waals surface area contributed by atoms with Crippen molar-refractivity contribution in [2.45, 2.75) is 23.8 Å². The Hall–Kier alpha value is -1.76. The summed E-state index contributed by atoms with van der Waals surface area (Å²) in [7, 11) is -6.01. The monoisotopic (exact) mass is 393 g/mol. The summed E-state index contributed by atoms with van der Waals surface area (Å²) < 4.78 is 56.4. The van der Waals surface area contributed by atoms with Crippen LogP contribution in [-0.2, 0) is 20.0 Å². The quantitative estimate of drug-likeness (QED) is 0.542. The fourth-order valence-electron chi connectivity index (χ4n) is 2.64. The maximum Gasteiger partial charge on any atom is 0.312 e. The van der Waals surface area contributed by atoms with Crippen LogP contribution in [0.25, 0.3) is 0 Å². The van der Waals surface area contributed by atoms with E-state index in [1.807, 2.05) is 0 Å². The number of rotatable bonds is 6. The number of nitro groups is 1. The predicted octanol–water partition coefficient (Wildman–Crippen LogP) is 0.306. The van der Waals surface area contributed by atoms with E-state index >= 15 is 0 Å². The topological polar surface area (TPSA) is 136 Å². The summed E-state index contributed by atoms with van der Waals surface area (Å²) in [6.45, 7) is 0.241. The molecule has 1 fully saturated rings. The zero-order valence-corrected chi connectivity index (χ0v) is 15.3. The van der Waals surface area contributed by atoms with Gasteiger partial charge in [0.15, 0.2) is 5.75 Å². The molecule has 12 heteroatoms. The normalized spacial score (nSPS) is 17.4. The zero-order valence-electron chi connectivity index (χ0n) is 13.7. The number of nitrogens with zero attached hydrogens (tertiary/aromatic N) is 2. The van der Waals surface area contributed by atoms with Gasteiger partial charge in [0.2, 0.25) is 20.0 Å². The molecule has 1 aromatic carbocycles. The van der Waals surface area contributed by atoms with Crippen molar-refractivity contribution in [2.24, 2.45) is 0 Å². The maximum absolute atomic E-state index is 12.7. The minimum absolute atomic E-state index is 0.0278. The summed E-state index contributed by atoms with van der Waals surface area (Å²) in [5.74, 6) is -0.0278. The highest BCUT2D eigenvalue weighted by Gasteiger charge is 2.32. The van der Waals surface area contributed by atoms with Crippen LogP contribution in [0, 0.1) is 10.1 Å². The Balaban J connectivity index is 2.20. The summed E-state index contributed by atoms with van der Waals surface area (Å²) in [6, 6.07) is 3.13. The summed E-state index contributed by atoms with van der Waals surface area (Å²) in [4.78, 5) is 10.2. The van der Waals surface area contributed by atoms with Gasteiger partial charge in [0.05, 0.1) is 23.2 Å². The Bertz CT molecular complexity index is 860. The van der Waals surface area contributed by atoms with Crippen LogP contribution in [0.2, 0.25) is 0 Å². The SMILES string of the molecule is COc1ccc(S(=O)(=O)N2CCC(NS(C)(=O)=O)CC2)cc1[N+](=O)[O-]. The molecule has 0 bridgehead atoms. The number of hydrogen-bond donors (Lipinski definition) is 1. The highest BCUT2D eigenvalue weighted by molar-refractivity contribution is 7.89. The van der Waals surface area contributed by atoms with Crippen LogP contribution in [0.3, 0.4) is 0 Å². The molecule has 1 saturated heterocycles. The van der Waals surface area contributed by atoms with Crippen LogP contribution in [0.4, 0.5) is 5.69 Å². The molecule has 25 heavy (non-hydrogen) atoms. The summed E-state index contributed by atoms with van der Waals surface area (Å²) >= 11 is 0. The van der Waals surface area contributed by atoms with Crippen molar-refractivity contribution >= 4 is 25.7 Å². The van der Waals surface area contributed by atoms with Crippen LogP contribution in [0.15, 0.2) is 23.1 Å². The number of nitro benzene ring substituents is 1. The first-order valence-corrected chi connectivity index (χ1v) is 10.7. The highest BCUT2D eigenvalue weighted by Crippen LogP contribution is 2.31. The lowest BCUT2D eigenvalue weighted by atomic mass is 10.1. The second kappa shape index (κ2) is 7.23. The molecule has 0 unspecified atom stereocenters. The molecule has 1 aliphatic heterocycles. The number of benzene rings is 1. The fourth-order valence-corrected chi connectivity index (χ4v) is 4.97. The molecule has 10 nitrogen and oxygen atoms in total. The van der Waals surface area contributed by atoms with Gasteiger partial charge in [-0.05, 0) is 25.0 Å². The average molecular weight is 393 g/mol. The Morgan fingerprint density at radius 1 is 1.24 bits per heavy atom. The van der Waals surface area contributed by atoms with Crippen LogP contribution < -0.4 is 9.46 Å². The lowest BCUT2D eigenvalue weighted by Gasteiger charge is -2.31. The van der Waals surface area contributed by atoms with Crippen molar-refractivity contribution in [3.63, 3.8) is 0 Å². The second-order valence-electron chi connectivity index (χ2n) is 5.66. The first-order valence-electron chi connectivity index (χ1n) is 7.34. The molecule has 0 saturated carbocycles. The van der Waals surface area contributed by atoms with Gasteiger partial charge in [-0.25, -0.2) is 21.6 Å². The van der Waals surface area contributed by atoms with Crippen LogP contribution in [-0.4, -0.2) is 58.6 Å². The zero-order chi connectivity index (χ0) is 18.8. The van der Waals surface area contributed by atoms with E-state index in [1.54, 1.807) is 0 Å². The van der Waals surface area contributed by atoms with Gasteiger partial charge >= 0.3 is 5.69 Å². The van der Waals surface area contributed by atoms with Crippen molar-refractivity contribution in [1.29, 1.82) is 0 Å². The van der Waals surface area contributed by atoms with Crippen molar-refractivity contribution < 1.29 is 26.5 Å². The Labute approximate surface area is 146 Å². The molecule has 1 N–H and O–H groups in total. The molecule has 1 heterocycles. The van der Waals surface area contributed by atoms with Gasteiger partial charge in [0, 0.05) is 25.2 Å². The van der Waals surface area contributed by atoms with E-state index in [1.165, 1.54) is 23.5 Å². The first kappa shape index (κ1) is 19.6. The van der Waals surface area contributed by atoms with E-state index in [-0.39, 0.29) is 29.8 Å². The minimum atomic E-state index is -3.91. The number of sulfonamides is 2. The van der Waals surface area contributed by atoms with Crippen LogP contribution in [0.5, 0.6) is 5.75 Å². The molecule has 0 atom stereocenters. The van der Waals surface area contributed by atoms with Crippen LogP contribution >= 0.6 is 0 Å². The second-order valence-corrected chi connectivity index (χ2v) is 9.38. The largest absolute Gasteiger partial charge is 0.490 e. The summed E-state index contributed by atoms with van der Waals surface area (Å²) in [5.41, 5.74) is -0.433. The maximum atomic E-state index is 12.7. The lowest BCUT2D eigenvalue weighted by Crippen LogP contribution is -2.46. The molecule has 0 amide bonds. The molecule has 0 radical (unpaired) electrons. The predicted molar refractivity (Wildman–Crippen MR) is 89.4 cm³/mol. The van der Waals surface area contributed by atoms with Crippen molar-refractivity contribution in [3.8, 4) is 5.75 Å². The molecule has 1 aromatic rings. The van der Waals surface area contributed by atoms with Crippen LogP contribution in [0.1, 0.15) is 12.8 Å². The van der Waals surface area contributed by atoms with Gasteiger partial charge in [0.1, 0.15) is 0 Å². The average Bonchev–Trinajstić information content (AvgIpc) is 2.53. The van der Waals surface area contributed by atoms with Crippen molar-refractivity contribution in [1.82, 2.24) is 9.03 Å². The number of methoxy groups -OCH3 is 1. The molecule has 0 spiro atoms. The standard InChI is InChI=1S/C13H19N3O7S2/c1-23-13-4-3-11(9-12(13)16(17)18)25(21,22)15-7-5-10(6-8-15)14-24(2,19)20/h3-4,9-10,14H,5-8H2,1-2H3. The van der Waals surface area contributed by atoms with Gasteiger partial charge in [-0.2, -0.15) is 4.31 Å². The van der Waals surface area contributed by atoms with Gasteiger partial charge < -0.3 is 4.74 Å². The molecule has 0 aromatic heterocycles. The van der Waals surface area contributed by atoms with E-state index in [4.69, 9.17) is 4.74 Å². The summed E-state index contributed by atoms with van der Waals surface area (Å²) in [6.07, 6.45) is 1.70. The van der Waals surface area contributed by atoms with E-state index in [2.05, 4.69) is 4.72 Å². The van der Waals surface area contributed by atoms with E-state index in [0.29, 0.717) is 12.8 Å². The number of ether oxygens (including phenoxy) is 1. The molecule has 140 valence electrons. The molecule has 1 aliphatic rings. The number of hydrogen-bond acceptors (Lipinski definition) is 7. The van der Waals surface area contributed by atoms with E-state index in [0.717, 1.165) is 12.3 Å². The number of nitrogens with one attached hydrogen (secondary N) is 1. The van der Waals surface area contributed by atoms with E-state index < -0.39 is 30.7 Å². The minimum Gasteiger partial charge on any atom is -0.490 e. The molecule has 0 aliphatic carbocycles.